The molecule has 182 valence electrons. The molecule has 1 heterocycles. The molecule has 1 aromatic carbocycles. The van der Waals surface area contributed by atoms with Crippen LogP contribution in [-0.2, 0) is 0 Å². The topological polar surface area (TPSA) is 112 Å². The zero-order chi connectivity index (χ0) is 24.9. The molecular formula is C27H35N3O4. The third-order valence-electron chi connectivity index (χ3n) is 9.31. The SMILES string of the molecule is C[C@@H]1[C@H](NC(=O)c2cnccn2)C[C@@]2(C)C(C)(C)CCC[C@]2(C)[C@H]1C(=O)c1cc(O)cc(O)c1. The van der Waals surface area contributed by atoms with Gasteiger partial charge in [0.2, 0.25) is 0 Å². The highest BCUT2D eigenvalue weighted by molar-refractivity contribution is 5.99. The molecule has 0 aliphatic heterocycles. The predicted octanol–water partition coefficient (Wildman–Crippen LogP) is 4.75. The van der Waals surface area contributed by atoms with E-state index in [-0.39, 0.29) is 57.1 Å². The molecular weight excluding hydrogens is 430 g/mol. The van der Waals surface area contributed by atoms with Crippen LogP contribution in [0.3, 0.4) is 0 Å². The number of amides is 1. The van der Waals surface area contributed by atoms with E-state index in [1.165, 1.54) is 36.8 Å². The van der Waals surface area contributed by atoms with Crippen molar-refractivity contribution in [1.82, 2.24) is 15.3 Å². The second-order valence-corrected chi connectivity index (χ2v) is 11.3. The fraction of sp³-hybridized carbons (Fsp3) is 0.556. The lowest BCUT2D eigenvalue weighted by molar-refractivity contribution is -0.163. The van der Waals surface area contributed by atoms with Crippen LogP contribution in [0.5, 0.6) is 11.5 Å². The molecule has 2 fully saturated rings. The first-order chi connectivity index (χ1) is 15.9. The Hall–Kier alpha value is -2.96. The number of phenolic OH excluding ortho intramolecular Hbond substituents is 2. The van der Waals surface area contributed by atoms with E-state index in [0.29, 0.717) is 5.56 Å². The summed E-state index contributed by atoms with van der Waals surface area (Å²) in [6.45, 7) is 11.0. The van der Waals surface area contributed by atoms with Gasteiger partial charge in [0.25, 0.3) is 5.91 Å². The highest BCUT2D eigenvalue weighted by Crippen LogP contribution is 2.69. The first-order valence-corrected chi connectivity index (χ1v) is 12.0. The number of rotatable bonds is 4. The Balaban J connectivity index is 1.78. The maximum atomic E-state index is 14.1. The van der Waals surface area contributed by atoms with Gasteiger partial charge in [-0.05, 0) is 53.6 Å². The molecule has 0 unspecified atom stereocenters. The number of benzene rings is 1. The van der Waals surface area contributed by atoms with Gasteiger partial charge in [0.1, 0.15) is 17.2 Å². The average Bonchev–Trinajstić information content (AvgIpc) is 2.76. The van der Waals surface area contributed by atoms with Crippen molar-refractivity contribution >= 4 is 11.7 Å². The Kier molecular flexibility index (Phi) is 5.95. The number of Topliss-reactive ketones (excluding diaryl/α,β-unsaturated/α-hetero) is 1. The summed E-state index contributed by atoms with van der Waals surface area (Å²) < 4.78 is 0. The molecule has 0 spiro atoms. The standard InChI is InChI=1S/C27H35N3O4/c1-16-20(30-24(34)21-15-28-9-10-29-21)14-27(5)25(2,3)7-6-8-26(27,4)22(16)23(33)17-11-18(31)13-19(32)12-17/h9-13,15-16,20,22,31-32H,6-8,14H2,1-5H3,(H,30,34)/t16-,20-,22-,26-,27+/m1/s1. The van der Waals surface area contributed by atoms with Crippen LogP contribution in [0.1, 0.15) is 81.1 Å². The summed E-state index contributed by atoms with van der Waals surface area (Å²) in [6, 6.07) is 3.82. The van der Waals surface area contributed by atoms with Crippen molar-refractivity contribution in [2.45, 2.75) is 66.3 Å². The Bertz CT molecular complexity index is 1080. The smallest absolute Gasteiger partial charge is 0.271 e. The monoisotopic (exact) mass is 465 g/mol. The van der Waals surface area contributed by atoms with Crippen LogP contribution in [0.2, 0.25) is 0 Å². The van der Waals surface area contributed by atoms with E-state index in [1.807, 2.05) is 6.92 Å². The number of fused-ring (bicyclic) bond motifs is 1. The number of hydrogen-bond acceptors (Lipinski definition) is 6. The molecule has 7 nitrogen and oxygen atoms in total. The van der Waals surface area contributed by atoms with Crippen LogP contribution in [0.15, 0.2) is 36.8 Å². The van der Waals surface area contributed by atoms with Crippen molar-refractivity contribution in [1.29, 1.82) is 0 Å². The molecule has 1 aromatic heterocycles. The van der Waals surface area contributed by atoms with E-state index < -0.39 is 5.92 Å². The summed E-state index contributed by atoms with van der Waals surface area (Å²) in [5, 5.41) is 23.3. The lowest BCUT2D eigenvalue weighted by atomic mass is 9.38. The lowest BCUT2D eigenvalue weighted by Gasteiger charge is -2.67. The summed E-state index contributed by atoms with van der Waals surface area (Å²) in [5.74, 6) is -1.26. The van der Waals surface area contributed by atoms with E-state index in [1.54, 1.807) is 0 Å². The minimum Gasteiger partial charge on any atom is -0.508 e. The van der Waals surface area contributed by atoms with Crippen LogP contribution in [-0.4, -0.2) is 37.9 Å². The Morgan fingerprint density at radius 3 is 2.32 bits per heavy atom. The summed E-state index contributed by atoms with van der Waals surface area (Å²) in [7, 11) is 0. The van der Waals surface area contributed by atoms with Gasteiger partial charge in [0, 0.05) is 36.0 Å². The highest BCUT2D eigenvalue weighted by atomic mass is 16.3. The lowest BCUT2D eigenvalue weighted by Crippen LogP contribution is -2.65. The molecule has 4 rings (SSSR count). The maximum absolute atomic E-state index is 14.1. The molecule has 1 amide bonds. The van der Waals surface area contributed by atoms with Crippen LogP contribution in [0, 0.1) is 28.1 Å². The maximum Gasteiger partial charge on any atom is 0.271 e. The summed E-state index contributed by atoms with van der Waals surface area (Å²) in [5.41, 5.74) is -0.0569. The van der Waals surface area contributed by atoms with Gasteiger partial charge in [-0.3, -0.25) is 14.6 Å². The summed E-state index contributed by atoms with van der Waals surface area (Å²) in [6.07, 6.45) is 8.18. The van der Waals surface area contributed by atoms with Crippen molar-refractivity contribution in [3.8, 4) is 11.5 Å². The second kappa shape index (κ2) is 8.36. The summed E-state index contributed by atoms with van der Waals surface area (Å²) in [4.78, 5) is 35.2. The molecule has 5 atom stereocenters. The molecule has 0 bridgehead atoms. The van der Waals surface area contributed by atoms with Gasteiger partial charge in [0.15, 0.2) is 5.78 Å². The minimum atomic E-state index is -0.404. The zero-order valence-corrected chi connectivity index (χ0v) is 20.6. The van der Waals surface area contributed by atoms with Gasteiger partial charge in [-0.1, -0.05) is 41.0 Å². The number of hydrogen-bond donors (Lipinski definition) is 3. The summed E-state index contributed by atoms with van der Waals surface area (Å²) >= 11 is 0. The molecule has 2 aliphatic carbocycles. The Morgan fingerprint density at radius 2 is 1.71 bits per heavy atom. The first-order valence-electron chi connectivity index (χ1n) is 12.0. The van der Waals surface area contributed by atoms with Gasteiger partial charge < -0.3 is 15.5 Å². The third kappa shape index (κ3) is 3.75. The molecule has 7 heteroatoms. The molecule has 2 aliphatic rings. The number of carbonyl (C=O) groups excluding carboxylic acids is 2. The fourth-order valence-electron chi connectivity index (χ4n) is 6.96. The van der Waals surface area contributed by atoms with E-state index in [2.05, 4.69) is 43.0 Å². The number of phenols is 2. The molecule has 2 saturated carbocycles. The number of nitrogens with one attached hydrogen (secondary N) is 1. The second-order valence-electron chi connectivity index (χ2n) is 11.3. The molecule has 0 radical (unpaired) electrons. The highest BCUT2D eigenvalue weighted by Gasteiger charge is 2.65. The van der Waals surface area contributed by atoms with Crippen molar-refractivity contribution < 1.29 is 19.8 Å². The largest absolute Gasteiger partial charge is 0.508 e. The van der Waals surface area contributed by atoms with Gasteiger partial charge >= 0.3 is 0 Å². The normalized spacial score (nSPS) is 32.4. The van der Waals surface area contributed by atoms with Crippen LogP contribution in [0.25, 0.3) is 0 Å². The minimum absolute atomic E-state index is 0.0465. The van der Waals surface area contributed by atoms with Crippen molar-refractivity contribution in [3.63, 3.8) is 0 Å². The predicted molar refractivity (Wildman–Crippen MR) is 129 cm³/mol. The van der Waals surface area contributed by atoms with Crippen LogP contribution < -0.4 is 5.32 Å². The molecule has 34 heavy (non-hydrogen) atoms. The van der Waals surface area contributed by atoms with Gasteiger partial charge in [-0.15, -0.1) is 0 Å². The number of aromatic hydroxyl groups is 2. The van der Waals surface area contributed by atoms with Gasteiger partial charge in [-0.2, -0.15) is 0 Å². The molecule has 3 N–H and O–H groups in total. The number of nitrogens with zero attached hydrogens (tertiary/aromatic N) is 2. The quantitative estimate of drug-likeness (QED) is 0.562. The van der Waals surface area contributed by atoms with Crippen molar-refractivity contribution in [3.05, 3.63) is 48.0 Å². The number of ketones is 1. The van der Waals surface area contributed by atoms with Crippen molar-refractivity contribution in [2.75, 3.05) is 0 Å². The average molecular weight is 466 g/mol. The van der Waals surface area contributed by atoms with Crippen LogP contribution in [0.4, 0.5) is 0 Å². The van der Waals surface area contributed by atoms with Gasteiger partial charge in [0.05, 0.1) is 6.20 Å². The van der Waals surface area contributed by atoms with Crippen molar-refractivity contribution in [2.24, 2.45) is 28.1 Å². The van der Waals surface area contributed by atoms with Crippen LogP contribution >= 0.6 is 0 Å². The molecule has 2 aromatic rings. The zero-order valence-electron chi connectivity index (χ0n) is 20.6. The number of aromatic nitrogens is 2. The van der Waals surface area contributed by atoms with E-state index in [9.17, 15) is 19.8 Å². The first kappa shape index (κ1) is 24.2. The Labute approximate surface area is 201 Å². The van der Waals surface area contributed by atoms with E-state index >= 15 is 0 Å². The third-order valence-corrected chi connectivity index (χ3v) is 9.31. The fourth-order valence-corrected chi connectivity index (χ4v) is 6.96. The molecule has 0 saturated heterocycles. The van der Waals surface area contributed by atoms with Gasteiger partial charge in [-0.25, -0.2) is 4.98 Å². The number of carbonyl (C=O) groups is 2. The van der Waals surface area contributed by atoms with E-state index in [4.69, 9.17) is 0 Å². The Morgan fingerprint density at radius 1 is 1.03 bits per heavy atom. The van der Waals surface area contributed by atoms with E-state index in [0.717, 1.165) is 25.7 Å².